The maximum absolute atomic E-state index is 5.66. The van der Waals surface area contributed by atoms with Crippen molar-refractivity contribution in [1.29, 1.82) is 0 Å². The van der Waals surface area contributed by atoms with Crippen molar-refractivity contribution >= 4 is 0 Å². The van der Waals surface area contributed by atoms with E-state index < -0.39 is 0 Å². The van der Waals surface area contributed by atoms with E-state index in [1.165, 1.54) is 89.9 Å². The van der Waals surface area contributed by atoms with Gasteiger partial charge in [0.25, 0.3) is 0 Å². The third kappa shape index (κ3) is 19.9. The molecule has 0 spiro atoms. The van der Waals surface area contributed by atoms with Crippen molar-refractivity contribution < 1.29 is 9.47 Å². The Hall–Kier alpha value is -0.0800. The monoisotopic (exact) mass is 314 g/mol. The highest BCUT2D eigenvalue weighted by Crippen LogP contribution is 2.07. The first kappa shape index (κ1) is 21.9. The molecule has 0 radical (unpaired) electrons. The van der Waals surface area contributed by atoms with Gasteiger partial charge in [0.15, 0.2) is 0 Å². The molecule has 0 rings (SSSR count). The molecule has 0 saturated heterocycles. The fourth-order valence-corrected chi connectivity index (χ4v) is 2.58. The summed E-state index contributed by atoms with van der Waals surface area (Å²) in [5, 5.41) is 0. The van der Waals surface area contributed by atoms with Crippen molar-refractivity contribution in [3.8, 4) is 0 Å². The number of hydrogen-bond acceptors (Lipinski definition) is 2. The summed E-state index contributed by atoms with van der Waals surface area (Å²) in [7, 11) is 0. The minimum absolute atomic E-state index is 0.965. The lowest BCUT2D eigenvalue weighted by Gasteiger charge is -2.05. The fourth-order valence-electron chi connectivity index (χ4n) is 2.58. The first-order valence-corrected chi connectivity index (χ1v) is 10.1. The van der Waals surface area contributed by atoms with Gasteiger partial charge >= 0.3 is 0 Å². The second-order valence-corrected chi connectivity index (χ2v) is 6.47. The topological polar surface area (TPSA) is 18.5 Å². The average molecular weight is 315 g/mol. The second-order valence-electron chi connectivity index (χ2n) is 6.47. The first-order valence-electron chi connectivity index (χ1n) is 10.1. The van der Waals surface area contributed by atoms with E-state index in [2.05, 4.69) is 13.8 Å². The van der Waals surface area contributed by atoms with Gasteiger partial charge in [0.1, 0.15) is 0 Å². The zero-order valence-corrected chi connectivity index (χ0v) is 15.5. The number of rotatable bonds is 19. The molecular weight excluding hydrogens is 272 g/mol. The van der Waals surface area contributed by atoms with E-state index in [0.717, 1.165) is 26.4 Å². The van der Waals surface area contributed by atoms with E-state index in [-0.39, 0.29) is 0 Å². The van der Waals surface area contributed by atoms with Crippen molar-refractivity contribution in [3.05, 3.63) is 0 Å². The molecule has 0 bridgehead atoms. The van der Waals surface area contributed by atoms with E-state index in [1.807, 2.05) is 0 Å². The highest BCUT2D eigenvalue weighted by Gasteiger charge is 1.94. The van der Waals surface area contributed by atoms with Crippen LogP contribution in [0, 0.1) is 0 Å². The summed E-state index contributed by atoms with van der Waals surface area (Å²) in [6, 6.07) is 0. The molecule has 0 aliphatic rings. The third-order valence-electron chi connectivity index (χ3n) is 4.11. The Bertz CT molecular complexity index is 163. The number of hydrogen-bond donors (Lipinski definition) is 0. The highest BCUT2D eigenvalue weighted by atomic mass is 16.5. The van der Waals surface area contributed by atoms with Crippen LogP contribution in [0.5, 0.6) is 0 Å². The standard InChI is InChI=1S/C20H42O2/c1-3-5-7-13-17-21-19-15-11-9-10-12-16-20-22-18-14-8-6-4-2/h3-20H2,1-2H3. The molecule has 0 aliphatic heterocycles. The van der Waals surface area contributed by atoms with Crippen LogP contribution in [0.3, 0.4) is 0 Å². The average Bonchev–Trinajstić information content (AvgIpc) is 2.54. The van der Waals surface area contributed by atoms with Gasteiger partial charge in [-0.25, -0.2) is 0 Å². The van der Waals surface area contributed by atoms with Crippen LogP contribution in [0.1, 0.15) is 104 Å². The molecule has 0 saturated carbocycles. The Morgan fingerprint density at radius 3 is 0.955 bits per heavy atom. The summed E-state index contributed by atoms with van der Waals surface area (Å²) >= 11 is 0. The Morgan fingerprint density at radius 2 is 0.636 bits per heavy atom. The van der Waals surface area contributed by atoms with Crippen LogP contribution in [-0.2, 0) is 9.47 Å². The summed E-state index contributed by atoms with van der Waals surface area (Å²) in [5.41, 5.74) is 0. The molecule has 0 fully saturated rings. The quantitative estimate of drug-likeness (QED) is 0.253. The maximum atomic E-state index is 5.66. The van der Waals surface area contributed by atoms with Gasteiger partial charge in [-0.3, -0.25) is 0 Å². The van der Waals surface area contributed by atoms with Crippen molar-refractivity contribution in [2.24, 2.45) is 0 Å². The van der Waals surface area contributed by atoms with Gasteiger partial charge in [0.2, 0.25) is 0 Å². The Balaban J connectivity index is 2.91. The number of ether oxygens (including phenoxy) is 2. The molecule has 0 aromatic carbocycles. The first-order chi connectivity index (χ1) is 10.9. The van der Waals surface area contributed by atoms with Crippen LogP contribution >= 0.6 is 0 Å². The summed E-state index contributed by atoms with van der Waals surface area (Å²) < 4.78 is 11.3. The summed E-state index contributed by atoms with van der Waals surface area (Å²) in [6.07, 6.45) is 18.3. The van der Waals surface area contributed by atoms with Gasteiger partial charge in [0, 0.05) is 26.4 Å². The lowest BCUT2D eigenvalue weighted by molar-refractivity contribution is 0.123. The molecule has 134 valence electrons. The number of unbranched alkanes of at least 4 members (excludes halogenated alkanes) is 11. The minimum Gasteiger partial charge on any atom is -0.381 e. The van der Waals surface area contributed by atoms with E-state index in [0.29, 0.717) is 0 Å². The lowest BCUT2D eigenvalue weighted by atomic mass is 10.1. The summed E-state index contributed by atoms with van der Waals surface area (Å²) in [6.45, 7) is 8.37. The van der Waals surface area contributed by atoms with Crippen molar-refractivity contribution in [1.82, 2.24) is 0 Å². The molecule has 0 aliphatic carbocycles. The van der Waals surface area contributed by atoms with Crippen LogP contribution in [0.15, 0.2) is 0 Å². The molecule has 22 heavy (non-hydrogen) atoms. The Kier molecular flexibility index (Phi) is 20.8. The zero-order chi connectivity index (χ0) is 16.1. The molecule has 2 heteroatoms. The summed E-state index contributed by atoms with van der Waals surface area (Å²) in [5.74, 6) is 0. The molecule has 0 N–H and O–H groups in total. The van der Waals surface area contributed by atoms with E-state index >= 15 is 0 Å². The summed E-state index contributed by atoms with van der Waals surface area (Å²) in [4.78, 5) is 0. The molecule has 0 aromatic heterocycles. The SMILES string of the molecule is CCCCCCOCCCCCCCCOCCCCCC. The van der Waals surface area contributed by atoms with Gasteiger partial charge < -0.3 is 9.47 Å². The van der Waals surface area contributed by atoms with Crippen LogP contribution < -0.4 is 0 Å². The predicted octanol–water partition coefficient (Wildman–Crippen LogP) is 6.52. The van der Waals surface area contributed by atoms with E-state index in [1.54, 1.807) is 0 Å². The highest BCUT2D eigenvalue weighted by molar-refractivity contribution is 4.46. The predicted molar refractivity (Wildman–Crippen MR) is 97.6 cm³/mol. The molecular formula is C20H42O2. The van der Waals surface area contributed by atoms with Crippen molar-refractivity contribution in [2.45, 2.75) is 104 Å². The zero-order valence-electron chi connectivity index (χ0n) is 15.5. The molecule has 0 aromatic rings. The molecule has 0 heterocycles. The third-order valence-corrected chi connectivity index (χ3v) is 4.11. The minimum atomic E-state index is 0.965. The smallest absolute Gasteiger partial charge is 0.0466 e. The Labute approximate surface area is 140 Å². The van der Waals surface area contributed by atoms with Crippen LogP contribution in [0.25, 0.3) is 0 Å². The Morgan fingerprint density at radius 1 is 0.364 bits per heavy atom. The fraction of sp³-hybridized carbons (Fsp3) is 1.00. The van der Waals surface area contributed by atoms with Crippen LogP contribution in [0.4, 0.5) is 0 Å². The molecule has 2 nitrogen and oxygen atoms in total. The van der Waals surface area contributed by atoms with Gasteiger partial charge in [0.05, 0.1) is 0 Å². The van der Waals surface area contributed by atoms with Crippen LogP contribution in [-0.4, -0.2) is 26.4 Å². The molecule has 0 unspecified atom stereocenters. The lowest BCUT2D eigenvalue weighted by Crippen LogP contribution is -1.98. The van der Waals surface area contributed by atoms with Gasteiger partial charge in [-0.1, -0.05) is 78.1 Å². The van der Waals surface area contributed by atoms with Gasteiger partial charge in [-0.15, -0.1) is 0 Å². The second kappa shape index (κ2) is 20.9. The maximum Gasteiger partial charge on any atom is 0.0466 e. The largest absolute Gasteiger partial charge is 0.381 e. The van der Waals surface area contributed by atoms with E-state index in [4.69, 9.17) is 9.47 Å². The normalized spacial score (nSPS) is 11.2. The molecule has 0 atom stereocenters. The van der Waals surface area contributed by atoms with Gasteiger partial charge in [-0.05, 0) is 25.7 Å². The van der Waals surface area contributed by atoms with Crippen molar-refractivity contribution in [2.75, 3.05) is 26.4 Å². The molecule has 0 amide bonds. The van der Waals surface area contributed by atoms with Gasteiger partial charge in [-0.2, -0.15) is 0 Å². The van der Waals surface area contributed by atoms with E-state index in [9.17, 15) is 0 Å². The van der Waals surface area contributed by atoms with Crippen LogP contribution in [0.2, 0.25) is 0 Å². The van der Waals surface area contributed by atoms with Crippen molar-refractivity contribution in [3.63, 3.8) is 0 Å².